The average molecular weight is 369 g/mol. The van der Waals surface area contributed by atoms with Gasteiger partial charge in [-0.15, -0.1) is 0 Å². The number of benzene rings is 1. The van der Waals surface area contributed by atoms with Crippen LogP contribution in [0.1, 0.15) is 37.8 Å². The number of amides is 1. The Kier molecular flexibility index (Phi) is 9.99. The standard InChI is InChI=1S/C18H29FN4OS/c1-5-13(2)23-17(24)8-9-21-18(20-3)22-11-14-6-7-16(19)10-15(14)12-25-4/h6-7,10,13H,5,8-9,11-12H2,1-4H3,(H,23,24)(H2,20,21,22). The van der Waals surface area contributed by atoms with E-state index in [4.69, 9.17) is 0 Å². The number of hydrogen-bond acceptors (Lipinski definition) is 3. The van der Waals surface area contributed by atoms with Crippen LogP contribution in [0.15, 0.2) is 23.2 Å². The molecule has 0 radical (unpaired) electrons. The molecule has 1 aromatic rings. The highest BCUT2D eigenvalue weighted by molar-refractivity contribution is 7.97. The van der Waals surface area contributed by atoms with Crippen LogP contribution in [0, 0.1) is 5.82 Å². The summed E-state index contributed by atoms with van der Waals surface area (Å²) in [5.74, 6) is 1.19. The van der Waals surface area contributed by atoms with Gasteiger partial charge in [0.05, 0.1) is 0 Å². The van der Waals surface area contributed by atoms with E-state index in [0.717, 1.165) is 23.3 Å². The number of carbonyl (C=O) groups excluding carboxylic acids is 1. The highest BCUT2D eigenvalue weighted by Crippen LogP contribution is 2.16. The molecular formula is C18H29FN4OS. The molecule has 0 heterocycles. The molecule has 0 aliphatic rings. The van der Waals surface area contributed by atoms with Gasteiger partial charge in [0.25, 0.3) is 0 Å². The maximum absolute atomic E-state index is 13.4. The molecule has 1 unspecified atom stereocenters. The molecule has 0 fully saturated rings. The number of thioether (sulfide) groups is 1. The van der Waals surface area contributed by atoms with E-state index in [9.17, 15) is 9.18 Å². The van der Waals surface area contributed by atoms with Crippen LogP contribution < -0.4 is 16.0 Å². The number of nitrogens with one attached hydrogen (secondary N) is 3. The van der Waals surface area contributed by atoms with Crippen molar-refractivity contribution in [3.8, 4) is 0 Å². The fourth-order valence-corrected chi connectivity index (χ4v) is 2.78. The van der Waals surface area contributed by atoms with E-state index in [-0.39, 0.29) is 17.8 Å². The lowest BCUT2D eigenvalue weighted by Gasteiger charge is -2.15. The summed E-state index contributed by atoms with van der Waals surface area (Å²) in [6.45, 7) is 5.08. The predicted molar refractivity (Wildman–Crippen MR) is 104 cm³/mol. The van der Waals surface area contributed by atoms with Crippen molar-refractivity contribution in [3.63, 3.8) is 0 Å². The zero-order chi connectivity index (χ0) is 18.7. The SMILES string of the molecule is CCC(C)NC(=O)CCNC(=NC)NCc1ccc(F)cc1CSC. The quantitative estimate of drug-likeness (QED) is 0.463. The van der Waals surface area contributed by atoms with Crippen molar-refractivity contribution in [1.29, 1.82) is 0 Å². The van der Waals surface area contributed by atoms with Gasteiger partial charge in [-0.3, -0.25) is 9.79 Å². The summed E-state index contributed by atoms with van der Waals surface area (Å²) in [7, 11) is 1.68. The van der Waals surface area contributed by atoms with Gasteiger partial charge in [-0.25, -0.2) is 4.39 Å². The Morgan fingerprint density at radius 3 is 2.72 bits per heavy atom. The van der Waals surface area contributed by atoms with Crippen molar-refractivity contribution in [2.24, 2.45) is 4.99 Å². The minimum absolute atomic E-state index is 0.0260. The van der Waals surface area contributed by atoms with Gasteiger partial charge in [0.2, 0.25) is 5.91 Å². The monoisotopic (exact) mass is 368 g/mol. The minimum Gasteiger partial charge on any atom is -0.356 e. The third-order valence-electron chi connectivity index (χ3n) is 3.80. The second-order valence-corrected chi connectivity index (χ2v) is 6.69. The van der Waals surface area contributed by atoms with E-state index in [0.29, 0.717) is 25.5 Å². The number of halogens is 1. The lowest BCUT2D eigenvalue weighted by Crippen LogP contribution is -2.40. The van der Waals surface area contributed by atoms with Crippen LogP contribution in [0.25, 0.3) is 0 Å². The number of rotatable bonds is 9. The Labute approximate surface area is 154 Å². The summed E-state index contributed by atoms with van der Waals surface area (Å²) in [5, 5.41) is 9.26. The number of nitrogens with zero attached hydrogens (tertiary/aromatic N) is 1. The van der Waals surface area contributed by atoms with E-state index in [1.165, 1.54) is 6.07 Å². The Balaban J connectivity index is 2.46. The third kappa shape index (κ3) is 8.25. The third-order valence-corrected chi connectivity index (χ3v) is 4.40. The molecule has 0 bridgehead atoms. The molecule has 5 nitrogen and oxygen atoms in total. The number of guanidine groups is 1. The predicted octanol–water partition coefficient (Wildman–Crippen LogP) is 2.66. The number of aliphatic imine (C=N–C) groups is 1. The first kappa shape index (κ1) is 21.3. The van der Waals surface area contributed by atoms with Crippen molar-refractivity contribution in [2.75, 3.05) is 19.8 Å². The molecule has 25 heavy (non-hydrogen) atoms. The summed E-state index contributed by atoms with van der Waals surface area (Å²) in [6, 6.07) is 5.03. The lowest BCUT2D eigenvalue weighted by molar-refractivity contribution is -0.121. The van der Waals surface area contributed by atoms with E-state index in [2.05, 4.69) is 20.9 Å². The fourth-order valence-electron chi connectivity index (χ4n) is 2.20. The van der Waals surface area contributed by atoms with Gasteiger partial charge in [0.15, 0.2) is 5.96 Å². The Hall–Kier alpha value is -1.76. The molecule has 140 valence electrons. The summed E-state index contributed by atoms with van der Waals surface area (Å²) < 4.78 is 13.4. The van der Waals surface area contributed by atoms with E-state index < -0.39 is 0 Å². The Morgan fingerprint density at radius 2 is 2.08 bits per heavy atom. The maximum atomic E-state index is 13.4. The van der Waals surface area contributed by atoms with Crippen molar-refractivity contribution in [2.45, 2.75) is 45.0 Å². The largest absolute Gasteiger partial charge is 0.356 e. The summed E-state index contributed by atoms with van der Waals surface area (Å²) in [6.07, 6.45) is 3.30. The molecule has 1 atom stereocenters. The highest BCUT2D eigenvalue weighted by Gasteiger charge is 2.07. The first-order chi connectivity index (χ1) is 12.0. The van der Waals surface area contributed by atoms with Crippen molar-refractivity contribution < 1.29 is 9.18 Å². The van der Waals surface area contributed by atoms with Gasteiger partial charge in [-0.05, 0) is 42.9 Å². The second kappa shape index (κ2) is 11.7. The van der Waals surface area contributed by atoms with Crippen LogP contribution in [-0.4, -0.2) is 37.8 Å². The van der Waals surface area contributed by atoms with Crippen LogP contribution in [0.4, 0.5) is 4.39 Å². The molecule has 3 N–H and O–H groups in total. The smallest absolute Gasteiger partial charge is 0.221 e. The molecular weight excluding hydrogens is 339 g/mol. The molecule has 1 amide bonds. The molecule has 0 spiro atoms. The topological polar surface area (TPSA) is 65.5 Å². The zero-order valence-electron chi connectivity index (χ0n) is 15.5. The van der Waals surface area contributed by atoms with Crippen LogP contribution >= 0.6 is 11.8 Å². The van der Waals surface area contributed by atoms with Crippen LogP contribution in [0.5, 0.6) is 0 Å². The number of hydrogen-bond donors (Lipinski definition) is 3. The van der Waals surface area contributed by atoms with Crippen molar-refractivity contribution >= 4 is 23.6 Å². The van der Waals surface area contributed by atoms with E-state index in [1.807, 2.05) is 20.1 Å². The maximum Gasteiger partial charge on any atom is 0.221 e. The molecule has 7 heteroatoms. The highest BCUT2D eigenvalue weighted by atomic mass is 32.2. The van der Waals surface area contributed by atoms with E-state index in [1.54, 1.807) is 30.9 Å². The van der Waals surface area contributed by atoms with Crippen molar-refractivity contribution in [3.05, 3.63) is 35.1 Å². The molecule has 0 saturated heterocycles. The van der Waals surface area contributed by atoms with Gasteiger partial charge in [0, 0.05) is 38.4 Å². The van der Waals surface area contributed by atoms with Crippen LogP contribution in [0.3, 0.4) is 0 Å². The molecule has 1 rings (SSSR count). The molecule has 1 aromatic carbocycles. The van der Waals surface area contributed by atoms with Gasteiger partial charge in [-0.1, -0.05) is 13.0 Å². The van der Waals surface area contributed by atoms with Gasteiger partial charge >= 0.3 is 0 Å². The molecule has 0 aliphatic carbocycles. The summed E-state index contributed by atoms with van der Waals surface area (Å²) in [5.41, 5.74) is 2.01. The molecule has 0 aliphatic heterocycles. The fraction of sp³-hybridized carbons (Fsp3) is 0.556. The zero-order valence-corrected chi connectivity index (χ0v) is 16.3. The first-order valence-corrected chi connectivity index (χ1v) is 9.89. The van der Waals surface area contributed by atoms with Crippen LogP contribution in [-0.2, 0) is 17.1 Å². The Bertz CT molecular complexity index is 580. The van der Waals surface area contributed by atoms with Gasteiger partial charge in [0.1, 0.15) is 5.82 Å². The van der Waals surface area contributed by atoms with Crippen LogP contribution in [0.2, 0.25) is 0 Å². The van der Waals surface area contributed by atoms with Gasteiger partial charge < -0.3 is 16.0 Å². The normalized spacial score (nSPS) is 12.6. The second-order valence-electron chi connectivity index (χ2n) is 5.83. The summed E-state index contributed by atoms with van der Waals surface area (Å²) in [4.78, 5) is 15.9. The summed E-state index contributed by atoms with van der Waals surface area (Å²) >= 11 is 1.66. The lowest BCUT2D eigenvalue weighted by atomic mass is 10.1. The number of carbonyl (C=O) groups is 1. The Morgan fingerprint density at radius 1 is 1.32 bits per heavy atom. The van der Waals surface area contributed by atoms with Gasteiger partial charge in [-0.2, -0.15) is 11.8 Å². The van der Waals surface area contributed by atoms with E-state index >= 15 is 0 Å². The minimum atomic E-state index is -0.220. The molecule has 0 saturated carbocycles. The average Bonchev–Trinajstić information content (AvgIpc) is 2.59. The van der Waals surface area contributed by atoms with Crippen molar-refractivity contribution in [1.82, 2.24) is 16.0 Å². The first-order valence-electron chi connectivity index (χ1n) is 8.50. The molecule has 0 aromatic heterocycles.